The molecule has 3 rings (SSSR count). The zero-order valence-corrected chi connectivity index (χ0v) is 11.0. The number of carbonyl (C=O) groups is 1. The normalized spacial score (nSPS) is 37.2. The van der Waals surface area contributed by atoms with Crippen LogP contribution in [-0.2, 0) is 19.0 Å². The van der Waals surface area contributed by atoms with Crippen LogP contribution in [-0.4, -0.2) is 75.3 Å². The Morgan fingerprint density at radius 3 is 2.58 bits per heavy atom. The van der Waals surface area contributed by atoms with E-state index in [4.69, 9.17) is 14.2 Å². The van der Waals surface area contributed by atoms with Crippen molar-refractivity contribution in [1.29, 1.82) is 0 Å². The maximum atomic E-state index is 11.5. The van der Waals surface area contributed by atoms with E-state index in [0.29, 0.717) is 52.1 Å². The van der Waals surface area contributed by atoms with Crippen molar-refractivity contribution in [1.82, 2.24) is 4.90 Å². The van der Waals surface area contributed by atoms with Crippen LogP contribution in [0.2, 0.25) is 0 Å². The molecule has 0 aromatic heterocycles. The molecule has 6 heteroatoms. The summed E-state index contributed by atoms with van der Waals surface area (Å²) in [6.45, 7) is 5.90. The summed E-state index contributed by atoms with van der Waals surface area (Å²) >= 11 is 0. The summed E-state index contributed by atoms with van der Waals surface area (Å²) in [4.78, 5) is 13.8. The fourth-order valence-electron chi connectivity index (χ4n) is 3.42. The molecule has 0 radical (unpaired) electrons. The number of carboxylic acids is 1. The third-order valence-electron chi connectivity index (χ3n) is 4.47. The van der Waals surface area contributed by atoms with E-state index in [1.165, 1.54) is 0 Å². The highest BCUT2D eigenvalue weighted by Crippen LogP contribution is 2.41. The van der Waals surface area contributed by atoms with Crippen LogP contribution >= 0.6 is 0 Å². The van der Waals surface area contributed by atoms with Crippen LogP contribution in [0.1, 0.15) is 0 Å². The zero-order chi connectivity index (χ0) is 13.3. The molecule has 3 aliphatic rings. The average Bonchev–Trinajstić information content (AvgIpc) is 2.79. The SMILES string of the molecule is O=C(O)[C@]12COC[C@H]1CN(CC1COCCOC1)C2. The maximum absolute atomic E-state index is 11.5. The van der Waals surface area contributed by atoms with Gasteiger partial charge in [-0.2, -0.15) is 0 Å². The summed E-state index contributed by atoms with van der Waals surface area (Å²) in [5.74, 6) is -0.253. The van der Waals surface area contributed by atoms with Crippen molar-refractivity contribution in [3.8, 4) is 0 Å². The number of fused-ring (bicyclic) bond motifs is 1. The van der Waals surface area contributed by atoms with Gasteiger partial charge >= 0.3 is 5.97 Å². The van der Waals surface area contributed by atoms with Crippen molar-refractivity contribution < 1.29 is 24.1 Å². The van der Waals surface area contributed by atoms with Crippen molar-refractivity contribution in [3.63, 3.8) is 0 Å². The lowest BCUT2D eigenvalue weighted by molar-refractivity contribution is -0.149. The standard InChI is InChI=1S/C13H21NO5/c15-12(16)13-8-14(4-11(13)7-19-9-13)3-10-5-17-1-2-18-6-10/h10-11H,1-9H2,(H,15,16)/t11-,13-/m1/s1. The molecule has 3 heterocycles. The van der Waals surface area contributed by atoms with Crippen molar-refractivity contribution in [3.05, 3.63) is 0 Å². The number of rotatable bonds is 3. The van der Waals surface area contributed by atoms with Gasteiger partial charge in [-0.3, -0.25) is 4.79 Å². The third-order valence-corrected chi connectivity index (χ3v) is 4.47. The summed E-state index contributed by atoms with van der Waals surface area (Å²) in [6, 6.07) is 0. The molecule has 0 aromatic carbocycles. The van der Waals surface area contributed by atoms with E-state index in [1.807, 2.05) is 0 Å². The van der Waals surface area contributed by atoms with Gasteiger partial charge in [-0.1, -0.05) is 0 Å². The molecule has 1 N–H and O–H groups in total. The van der Waals surface area contributed by atoms with E-state index in [9.17, 15) is 9.90 Å². The maximum Gasteiger partial charge on any atom is 0.313 e. The Bertz CT molecular complexity index is 342. The van der Waals surface area contributed by atoms with Crippen LogP contribution in [0.15, 0.2) is 0 Å². The predicted octanol–water partition coefficient (Wildman–Crippen LogP) is -0.318. The Balaban J connectivity index is 1.60. The molecule has 6 nitrogen and oxygen atoms in total. The van der Waals surface area contributed by atoms with E-state index in [-0.39, 0.29) is 5.92 Å². The van der Waals surface area contributed by atoms with E-state index < -0.39 is 11.4 Å². The predicted molar refractivity (Wildman–Crippen MR) is 65.9 cm³/mol. The minimum Gasteiger partial charge on any atom is -0.481 e. The smallest absolute Gasteiger partial charge is 0.313 e. The second kappa shape index (κ2) is 5.36. The number of hydrogen-bond donors (Lipinski definition) is 1. The van der Waals surface area contributed by atoms with Gasteiger partial charge in [0, 0.05) is 31.5 Å². The lowest BCUT2D eigenvalue weighted by Gasteiger charge is -2.24. The number of nitrogens with zero attached hydrogens (tertiary/aromatic N) is 1. The number of carboxylic acid groups (broad SMARTS) is 1. The number of hydrogen-bond acceptors (Lipinski definition) is 5. The van der Waals surface area contributed by atoms with Gasteiger partial charge in [0.25, 0.3) is 0 Å². The van der Waals surface area contributed by atoms with Gasteiger partial charge in [0.1, 0.15) is 5.41 Å². The zero-order valence-electron chi connectivity index (χ0n) is 11.0. The second-order valence-electron chi connectivity index (χ2n) is 5.88. The van der Waals surface area contributed by atoms with Gasteiger partial charge in [0.2, 0.25) is 0 Å². The summed E-state index contributed by atoms with van der Waals surface area (Å²) in [5.41, 5.74) is -0.688. The van der Waals surface area contributed by atoms with Crippen LogP contribution in [0, 0.1) is 17.3 Å². The number of aliphatic carboxylic acids is 1. The Kier molecular flexibility index (Phi) is 3.75. The molecule has 0 bridgehead atoms. The third kappa shape index (κ3) is 2.50. The summed E-state index contributed by atoms with van der Waals surface area (Å²) in [7, 11) is 0. The molecule has 0 amide bonds. The van der Waals surface area contributed by atoms with Crippen molar-refractivity contribution in [2.75, 3.05) is 59.3 Å². The highest BCUT2D eigenvalue weighted by molar-refractivity contribution is 5.76. The minimum absolute atomic E-state index is 0.123. The Hall–Kier alpha value is -0.690. The topological polar surface area (TPSA) is 68.2 Å². The number of ether oxygens (including phenoxy) is 3. The fraction of sp³-hybridized carbons (Fsp3) is 0.923. The Morgan fingerprint density at radius 2 is 1.95 bits per heavy atom. The van der Waals surface area contributed by atoms with Gasteiger partial charge in [0.05, 0.1) is 39.6 Å². The van der Waals surface area contributed by atoms with Crippen LogP contribution in [0.5, 0.6) is 0 Å². The van der Waals surface area contributed by atoms with Crippen molar-refractivity contribution >= 4 is 5.97 Å². The molecule has 3 fully saturated rings. The molecule has 0 spiro atoms. The molecule has 0 unspecified atom stereocenters. The second-order valence-corrected chi connectivity index (χ2v) is 5.88. The summed E-state index contributed by atoms with van der Waals surface area (Å²) in [6.07, 6.45) is 0. The van der Waals surface area contributed by atoms with Crippen LogP contribution in [0.3, 0.4) is 0 Å². The van der Waals surface area contributed by atoms with Gasteiger partial charge in [-0.05, 0) is 0 Å². The van der Waals surface area contributed by atoms with Gasteiger partial charge in [-0.25, -0.2) is 0 Å². The monoisotopic (exact) mass is 271 g/mol. The molecule has 0 aliphatic carbocycles. The largest absolute Gasteiger partial charge is 0.481 e. The van der Waals surface area contributed by atoms with Crippen molar-refractivity contribution in [2.24, 2.45) is 17.3 Å². The first kappa shape index (κ1) is 13.3. The van der Waals surface area contributed by atoms with Crippen LogP contribution in [0.4, 0.5) is 0 Å². The fourth-order valence-corrected chi connectivity index (χ4v) is 3.42. The molecular formula is C13H21NO5. The Labute approximate surface area is 112 Å². The van der Waals surface area contributed by atoms with E-state index >= 15 is 0 Å². The minimum atomic E-state index is -0.717. The first-order valence-electron chi connectivity index (χ1n) is 6.90. The molecule has 19 heavy (non-hydrogen) atoms. The molecule has 3 saturated heterocycles. The molecule has 2 atom stereocenters. The average molecular weight is 271 g/mol. The highest BCUT2D eigenvalue weighted by atomic mass is 16.5. The Morgan fingerprint density at radius 1 is 1.21 bits per heavy atom. The van der Waals surface area contributed by atoms with E-state index in [2.05, 4.69) is 4.90 Å². The number of likely N-dealkylation sites (tertiary alicyclic amines) is 1. The first-order valence-corrected chi connectivity index (χ1v) is 6.90. The highest BCUT2D eigenvalue weighted by Gasteiger charge is 2.56. The lowest BCUT2D eigenvalue weighted by Crippen LogP contribution is -2.40. The molecular weight excluding hydrogens is 250 g/mol. The summed E-state index contributed by atoms with van der Waals surface area (Å²) < 4.78 is 16.4. The van der Waals surface area contributed by atoms with Crippen molar-refractivity contribution in [2.45, 2.75) is 0 Å². The van der Waals surface area contributed by atoms with Gasteiger partial charge in [-0.15, -0.1) is 0 Å². The van der Waals surface area contributed by atoms with Gasteiger partial charge < -0.3 is 24.2 Å². The van der Waals surface area contributed by atoms with Gasteiger partial charge in [0.15, 0.2) is 0 Å². The molecule has 108 valence electrons. The lowest BCUT2D eigenvalue weighted by atomic mass is 9.81. The van der Waals surface area contributed by atoms with E-state index in [1.54, 1.807) is 0 Å². The molecule has 3 aliphatic heterocycles. The quantitative estimate of drug-likeness (QED) is 0.759. The molecule has 0 aromatic rings. The van der Waals surface area contributed by atoms with Crippen LogP contribution in [0.25, 0.3) is 0 Å². The molecule has 0 saturated carbocycles. The van der Waals surface area contributed by atoms with E-state index in [0.717, 1.165) is 13.1 Å². The summed E-state index contributed by atoms with van der Waals surface area (Å²) in [5, 5.41) is 9.49. The first-order chi connectivity index (χ1) is 9.21. The van der Waals surface area contributed by atoms with Crippen LogP contribution < -0.4 is 0 Å².